The molecule has 0 bridgehead atoms. The molecule has 0 fully saturated rings. The van der Waals surface area contributed by atoms with E-state index in [1.807, 2.05) is 0 Å². The normalized spacial score (nSPS) is 11.5. The summed E-state index contributed by atoms with van der Waals surface area (Å²) in [7, 11) is 0. The van der Waals surface area contributed by atoms with Crippen molar-refractivity contribution in [1.29, 1.82) is 0 Å². The second-order valence-electron chi connectivity index (χ2n) is 6.73. The molecule has 0 saturated carbocycles. The average Bonchev–Trinajstić information content (AvgIpc) is 3.39. The lowest BCUT2D eigenvalue weighted by molar-refractivity contribution is -0.137. The van der Waals surface area contributed by atoms with Gasteiger partial charge in [-0.3, -0.25) is 9.89 Å². The number of rotatable bonds is 6. The van der Waals surface area contributed by atoms with Crippen LogP contribution in [0, 0.1) is 5.82 Å². The van der Waals surface area contributed by atoms with Gasteiger partial charge >= 0.3 is 6.18 Å². The first-order valence-corrected chi connectivity index (χ1v) is 10.3. The third-order valence-electron chi connectivity index (χ3n) is 4.46. The number of alkyl halides is 3. The van der Waals surface area contributed by atoms with Crippen LogP contribution in [0.15, 0.2) is 59.8 Å². The molecule has 2 aromatic heterocycles. The van der Waals surface area contributed by atoms with E-state index >= 15 is 0 Å². The molecule has 4 N–H and O–H groups in total. The lowest BCUT2D eigenvalue weighted by Gasteiger charge is -2.13. The third-order valence-corrected chi connectivity index (χ3v) is 5.41. The number of nitrogens with one attached hydrogen (secondary N) is 2. The van der Waals surface area contributed by atoms with Crippen LogP contribution >= 0.6 is 11.8 Å². The Morgan fingerprint density at radius 2 is 1.85 bits per heavy atom. The Balaban J connectivity index is 1.43. The van der Waals surface area contributed by atoms with Crippen molar-refractivity contribution in [3.63, 3.8) is 0 Å². The summed E-state index contributed by atoms with van der Waals surface area (Å²) in [5.41, 5.74) is 0.358. The zero-order valence-corrected chi connectivity index (χ0v) is 17.4. The maximum absolute atomic E-state index is 13.1. The highest BCUT2D eigenvalue weighted by Crippen LogP contribution is 2.34. The molecule has 33 heavy (non-hydrogen) atoms. The Morgan fingerprint density at radius 1 is 1.12 bits per heavy atom. The van der Waals surface area contributed by atoms with Crippen molar-refractivity contribution in [1.82, 2.24) is 25.1 Å². The van der Waals surface area contributed by atoms with Gasteiger partial charge in [0.1, 0.15) is 11.5 Å². The Kier molecular flexibility index (Phi) is 6.05. The Bertz CT molecular complexity index is 1280. The summed E-state index contributed by atoms with van der Waals surface area (Å²) in [6.07, 6.45) is -4.60. The number of amides is 1. The Labute approximate surface area is 188 Å². The molecule has 170 valence electrons. The number of aromatic amines is 1. The van der Waals surface area contributed by atoms with Gasteiger partial charge in [0.05, 0.1) is 22.7 Å². The van der Waals surface area contributed by atoms with Gasteiger partial charge in [0.25, 0.3) is 0 Å². The minimum absolute atomic E-state index is 0.169. The molecule has 0 radical (unpaired) electrons. The van der Waals surface area contributed by atoms with Gasteiger partial charge in [0.2, 0.25) is 16.9 Å². The molecular formula is C20H15F4N7OS. The smallest absolute Gasteiger partial charge is 0.335 e. The SMILES string of the molecule is Nn1c(SCC(=O)Nc2ccccc2C(F)(F)F)nnc1-c1cc(-c2ccc(F)cc2)n[nH]1. The van der Waals surface area contributed by atoms with Crippen molar-refractivity contribution in [3.05, 3.63) is 66.0 Å². The molecule has 0 atom stereocenters. The number of benzene rings is 2. The number of thioether (sulfide) groups is 1. The molecular weight excluding hydrogens is 462 g/mol. The molecule has 0 unspecified atom stereocenters. The highest BCUT2D eigenvalue weighted by atomic mass is 32.2. The van der Waals surface area contributed by atoms with Gasteiger partial charge in [0.15, 0.2) is 0 Å². The number of nitrogens with two attached hydrogens (primary N) is 1. The second kappa shape index (κ2) is 8.94. The number of nitrogen functional groups attached to an aromatic ring is 1. The molecule has 4 rings (SSSR count). The molecule has 13 heteroatoms. The summed E-state index contributed by atoms with van der Waals surface area (Å²) in [6, 6.07) is 12.1. The minimum atomic E-state index is -4.60. The monoisotopic (exact) mass is 477 g/mol. The molecule has 0 saturated heterocycles. The van der Waals surface area contributed by atoms with Crippen molar-refractivity contribution in [2.24, 2.45) is 0 Å². The van der Waals surface area contributed by atoms with Crippen LogP contribution in [0.5, 0.6) is 0 Å². The summed E-state index contributed by atoms with van der Waals surface area (Å²) < 4.78 is 53.5. The largest absolute Gasteiger partial charge is 0.418 e. The van der Waals surface area contributed by atoms with E-state index in [9.17, 15) is 22.4 Å². The fourth-order valence-corrected chi connectivity index (χ4v) is 3.58. The number of H-pyrrole nitrogens is 1. The van der Waals surface area contributed by atoms with E-state index in [0.29, 0.717) is 17.0 Å². The number of hydrogen-bond donors (Lipinski definition) is 3. The van der Waals surface area contributed by atoms with E-state index in [0.717, 1.165) is 22.5 Å². The van der Waals surface area contributed by atoms with Gasteiger partial charge in [-0.25, -0.2) is 9.07 Å². The number of aromatic nitrogens is 5. The number of halogens is 4. The summed E-state index contributed by atoms with van der Waals surface area (Å²) in [4.78, 5) is 12.2. The predicted octanol–water partition coefficient (Wildman–Crippen LogP) is 3.94. The topological polar surface area (TPSA) is 115 Å². The van der Waals surface area contributed by atoms with Crippen LogP contribution in [0.3, 0.4) is 0 Å². The van der Waals surface area contributed by atoms with Crippen LogP contribution in [0.25, 0.3) is 22.8 Å². The quantitative estimate of drug-likeness (QED) is 0.220. The second-order valence-corrected chi connectivity index (χ2v) is 7.67. The van der Waals surface area contributed by atoms with E-state index in [2.05, 4.69) is 25.7 Å². The van der Waals surface area contributed by atoms with E-state index in [1.165, 1.54) is 30.3 Å². The molecule has 0 spiro atoms. The summed E-state index contributed by atoms with van der Waals surface area (Å²) in [6.45, 7) is 0. The van der Waals surface area contributed by atoms with Gasteiger partial charge in [-0.15, -0.1) is 10.2 Å². The number of hydrogen-bond acceptors (Lipinski definition) is 6. The molecule has 0 aliphatic rings. The molecule has 2 aromatic carbocycles. The molecule has 0 aliphatic carbocycles. The maximum atomic E-state index is 13.1. The van der Waals surface area contributed by atoms with Crippen molar-refractivity contribution < 1.29 is 22.4 Å². The van der Waals surface area contributed by atoms with Crippen LogP contribution in [0.2, 0.25) is 0 Å². The predicted molar refractivity (Wildman–Crippen MR) is 114 cm³/mol. The van der Waals surface area contributed by atoms with Crippen molar-refractivity contribution >= 4 is 23.4 Å². The third kappa shape index (κ3) is 4.98. The number of carbonyl (C=O) groups is 1. The molecule has 8 nitrogen and oxygen atoms in total. The van der Waals surface area contributed by atoms with Crippen LogP contribution in [-0.2, 0) is 11.0 Å². The molecule has 2 heterocycles. The number of para-hydroxylation sites is 1. The van der Waals surface area contributed by atoms with Gasteiger partial charge < -0.3 is 11.2 Å². The van der Waals surface area contributed by atoms with E-state index in [4.69, 9.17) is 5.84 Å². The summed E-state index contributed by atoms with van der Waals surface area (Å²) in [5, 5.41) is 17.2. The van der Waals surface area contributed by atoms with Gasteiger partial charge in [-0.1, -0.05) is 23.9 Å². The fourth-order valence-electron chi connectivity index (χ4n) is 2.92. The Morgan fingerprint density at radius 3 is 2.58 bits per heavy atom. The van der Waals surface area contributed by atoms with Gasteiger partial charge in [-0.2, -0.15) is 18.3 Å². The molecule has 0 aliphatic heterocycles. The molecule has 1 amide bonds. The lowest BCUT2D eigenvalue weighted by atomic mass is 10.1. The number of nitrogens with zero attached hydrogens (tertiary/aromatic N) is 4. The summed E-state index contributed by atoms with van der Waals surface area (Å²) in [5.74, 6) is 4.96. The van der Waals surface area contributed by atoms with Gasteiger partial charge in [-0.05, 0) is 42.5 Å². The average molecular weight is 477 g/mol. The Hall–Kier alpha value is -3.87. The van der Waals surface area contributed by atoms with Crippen molar-refractivity contribution in [2.75, 3.05) is 16.9 Å². The van der Waals surface area contributed by atoms with E-state index in [1.54, 1.807) is 18.2 Å². The molecule has 4 aromatic rings. The summed E-state index contributed by atoms with van der Waals surface area (Å²) >= 11 is 0.903. The van der Waals surface area contributed by atoms with Crippen LogP contribution in [0.4, 0.5) is 23.2 Å². The number of carbonyl (C=O) groups excluding carboxylic acids is 1. The maximum Gasteiger partial charge on any atom is 0.418 e. The standard InChI is InChI=1S/C20H15F4N7OS/c21-12-7-5-11(6-8-12)15-9-16(28-27-15)18-29-30-19(31(18)25)33-10-17(32)26-14-4-2-1-3-13(14)20(22,23)24/h1-9H,10,25H2,(H,26,32)(H,27,28). The minimum Gasteiger partial charge on any atom is -0.335 e. The zero-order chi connectivity index (χ0) is 23.6. The van der Waals surface area contributed by atoms with Gasteiger partial charge in [0, 0.05) is 5.56 Å². The number of anilines is 1. The van der Waals surface area contributed by atoms with Crippen molar-refractivity contribution in [2.45, 2.75) is 11.3 Å². The van der Waals surface area contributed by atoms with Crippen LogP contribution < -0.4 is 11.2 Å². The first-order chi connectivity index (χ1) is 15.7. The van der Waals surface area contributed by atoms with E-state index < -0.39 is 17.6 Å². The van der Waals surface area contributed by atoms with Crippen LogP contribution in [-0.4, -0.2) is 36.7 Å². The van der Waals surface area contributed by atoms with Crippen LogP contribution in [0.1, 0.15) is 5.56 Å². The highest BCUT2D eigenvalue weighted by Gasteiger charge is 2.33. The van der Waals surface area contributed by atoms with Crippen molar-refractivity contribution in [3.8, 4) is 22.8 Å². The highest BCUT2D eigenvalue weighted by molar-refractivity contribution is 7.99. The zero-order valence-electron chi connectivity index (χ0n) is 16.6. The fraction of sp³-hybridized carbons (Fsp3) is 0.100. The lowest BCUT2D eigenvalue weighted by Crippen LogP contribution is -2.19. The first kappa shape index (κ1) is 22.3. The first-order valence-electron chi connectivity index (χ1n) is 9.33. The van der Waals surface area contributed by atoms with E-state index in [-0.39, 0.29) is 28.2 Å².